The van der Waals surface area contributed by atoms with Crippen LogP contribution in [0.2, 0.25) is 0 Å². The molecule has 1 aromatic rings. The highest BCUT2D eigenvalue weighted by Gasteiger charge is 2.52. The van der Waals surface area contributed by atoms with Crippen molar-refractivity contribution in [2.45, 2.75) is 95.7 Å². The maximum atomic E-state index is 6.62. The predicted molar refractivity (Wildman–Crippen MR) is 118 cm³/mol. The largest absolute Gasteiger partial charge is 0.495 e. The van der Waals surface area contributed by atoms with Crippen molar-refractivity contribution in [1.29, 1.82) is 0 Å². The van der Waals surface area contributed by atoms with Gasteiger partial charge in [-0.15, -0.1) is 11.3 Å². The molecule has 2 fully saturated rings. The van der Waals surface area contributed by atoms with E-state index in [-0.39, 0.29) is 0 Å². The molecule has 29 heavy (non-hydrogen) atoms. The molecule has 4 nitrogen and oxygen atoms in total. The average molecular weight is 417 g/mol. The highest BCUT2D eigenvalue weighted by Crippen LogP contribution is 2.62. The number of hydrogen-bond acceptors (Lipinski definition) is 5. The van der Waals surface area contributed by atoms with E-state index in [1.807, 2.05) is 0 Å². The number of allylic oxidation sites excluding steroid dienone is 2. The third-order valence-corrected chi connectivity index (χ3v) is 8.95. The van der Waals surface area contributed by atoms with E-state index in [0.717, 1.165) is 31.0 Å². The molecule has 0 aromatic carbocycles. The van der Waals surface area contributed by atoms with Gasteiger partial charge in [0.1, 0.15) is 0 Å². The molecule has 5 rings (SSSR count). The summed E-state index contributed by atoms with van der Waals surface area (Å²) < 4.78 is 13.0. The Kier molecular flexibility index (Phi) is 5.63. The quantitative estimate of drug-likeness (QED) is 0.610. The van der Waals surface area contributed by atoms with Gasteiger partial charge in [0, 0.05) is 29.2 Å². The summed E-state index contributed by atoms with van der Waals surface area (Å²) in [6.07, 6.45) is 14.1. The third-order valence-electron chi connectivity index (χ3n) is 7.95. The lowest BCUT2D eigenvalue weighted by Gasteiger charge is -2.37. The number of fused-ring (bicyclic) bond motifs is 8. The SMILES string of the molecule is CCC1CCCCC(C)OC2=C[C@H]3C4CCCC4c4nc(N)sc4[C@H]3C2CCO1. The minimum Gasteiger partial charge on any atom is -0.495 e. The Morgan fingerprint density at radius 1 is 1.10 bits per heavy atom. The first-order valence-electron chi connectivity index (χ1n) is 11.9. The number of rotatable bonds is 1. The Morgan fingerprint density at radius 2 is 1.97 bits per heavy atom. The van der Waals surface area contributed by atoms with Crippen LogP contribution in [-0.2, 0) is 9.47 Å². The number of anilines is 1. The molecule has 2 N–H and O–H groups in total. The predicted octanol–water partition coefficient (Wildman–Crippen LogP) is 6.00. The van der Waals surface area contributed by atoms with Crippen molar-refractivity contribution in [2.75, 3.05) is 12.3 Å². The van der Waals surface area contributed by atoms with Crippen LogP contribution in [0, 0.1) is 17.8 Å². The van der Waals surface area contributed by atoms with Crippen molar-refractivity contribution in [1.82, 2.24) is 4.98 Å². The molecule has 5 heteroatoms. The molecule has 1 saturated heterocycles. The van der Waals surface area contributed by atoms with E-state index in [4.69, 9.17) is 20.2 Å². The zero-order chi connectivity index (χ0) is 20.0. The lowest BCUT2D eigenvalue weighted by Crippen LogP contribution is -2.30. The van der Waals surface area contributed by atoms with Gasteiger partial charge in [-0.25, -0.2) is 4.98 Å². The Labute approximate surface area is 179 Å². The topological polar surface area (TPSA) is 57.4 Å². The number of aromatic nitrogens is 1. The summed E-state index contributed by atoms with van der Waals surface area (Å²) in [4.78, 5) is 6.30. The molecule has 2 heterocycles. The normalized spacial score (nSPS) is 39.8. The van der Waals surface area contributed by atoms with E-state index >= 15 is 0 Å². The Hall–Kier alpha value is -1.07. The molecule has 4 aliphatic rings. The lowest BCUT2D eigenvalue weighted by atomic mass is 9.68. The summed E-state index contributed by atoms with van der Waals surface area (Å²) >= 11 is 1.74. The Morgan fingerprint density at radius 3 is 2.83 bits per heavy atom. The second-order valence-corrected chi connectivity index (χ2v) is 10.7. The van der Waals surface area contributed by atoms with Gasteiger partial charge < -0.3 is 15.2 Å². The smallest absolute Gasteiger partial charge is 0.180 e. The highest BCUT2D eigenvalue weighted by atomic mass is 32.1. The van der Waals surface area contributed by atoms with Crippen LogP contribution >= 0.6 is 11.3 Å². The maximum Gasteiger partial charge on any atom is 0.180 e. The zero-order valence-corrected chi connectivity index (χ0v) is 18.8. The van der Waals surface area contributed by atoms with Crippen LogP contribution in [0.3, 0.4) is 0 Å². The first kappa shape index (κ1) is 19.9. The van der Waals surface area contributed by atoms with Crippen LogP contribution in [0.15, 0.2) is 11.8 Å². The van der Waals surface area contributed by atoms with Crippen molar-refractivity contribution in [3.05, 3.63) is 22.4 Å². The second-order valence-electron chi connectivity index (χ2n) is 9.68. The van der Waals surface area contributed by atoms with Gasteiger partial charge in [-0.3, -0.25) is 0 Å². The number of thiazole rings is 1. The minimum atomic E-state index is 0.301. The molecule has 1 aromatic heterocycles. The zero-order valence-electron chi connectivity index (χ0n) is 17.9. The summed E-state index contributed by atoms with van der Waals surface area (Å²) in [5.74, 6) is 4.07. The van der Waals surface area contributed by atoms with Crippen molar-refractivity contribution < 1.29 is 9.47 Å². The van der Waals surface area contributed by atoms with Gasteiger partial charge in [0.25, 0.3) is 0 Å². The highest BCUT2D eigenvalue weighted by molar-refractivity contribution is 7.15. The van der Waals surface area contributed by atoms with Crippen molar-refractivity contribution in [3.8, 4) is 0 Å². The minimum absolute atomic E-state index is 0.301. The van der Waals surface area contributed by atoms with Crippen LogP contribution in [0.1, 0.15) is 94.0 Å². The molecule has 5 unspecified atom stereocenters. The lowest BCUT2D eigenvalue weighted by molar-refractivity contribution is 0.0205. The van der Waals surface area contributed by atoms with Gasteiger partial charge in [0.05, 0.1) is 23.7 Å². The van der Waals surface area contributed by atoms with Crippen LogP contribution in [0.5, 0.6) is 0 Å². The van der Waals surface area contributed by atoms with Gasteiger partial charge in [-0.2, -0.15) is 0 Å². The van der Waals surface area contributed by atoms with E-state index in [1.54, 1.807) is 11.3 Å². The van der Waals surface area contributed by atoms with Crippen molar-refractivity contribution in [3.63, 3.8) is 0 Å². The average Bonchev–Trinajstić information content (AvgIpc) is 3.39. The molecule has 160 valence electrons. The molecule has 3 aliphatic carbocycles. The molecule has 0 radical (unpaired) electrons. The van der Waals surface area contributed by atoms with Gasteiger partial charge in [-0.05, 0) is 69.8 Å². The fraction of sp³-hybridized carbons (Fsp3) is 0.792. The van der Waals surface area contributed by atoms with E-state index in [1.165, 1.54) is 54.9 Å². The van der Waals surface area contributed by atoms with Gasteiger partial charge in [0.15, 0.2) is 5.13 Å². The van der Waals surface area contributed by atoms with Crippen LogP contribution in [0.25, 0.3) is 0 Å². The number of hydrogen-bond donors (Lipinski definition) is 1. The molecule has 0 spiro atoms. The number of nitrogen functional groups attached to an aromatic ring is 1. The van der Waals surface area contributed by atoms with Crippen molar-refractivity contribution in [2.24, 2.45) is 17.8 Å². The van der Waals surface area contributed by atoms with E-state index in [2.05, 4.69) is 19.9 Å². The first-order chi connectivity index (χ1) is 14.2. The molecule has 1 aliphatic heterocycles. The van der Waals surface area contributed by atoms with Gasteiger partial charge in [0.2, 0.25) is 0 Å². The number of nitrogens with zero attached hydrogens (tertiary/aromatic N) is 1. The molecule has 7 atom stereocenters. The van der Waals surface area contributed by atoms with Gasteiger partial charge >= 0.3 is 0 Å². The second kappa shape index (κ2) is 8.22. The number of nitrogens with two attached hydrogens (primary N) is 1. The summed E-state index contributed by atoms with van der Waals surface area (Å²) in [5.41, 5.74) is 7.56. The Balaban J connectivity index is 1.47. The van der Waals surface area contributed by atoms with Crippen LogP contribution < -0.4 is 5.73 Å². The first-order valence-corrected chi connectivity index (χ1v) is 12.7. The molecule has 0 bridgehead atoms. The number of ether oxygens (including phenoxy) is 2. The van der Waals surface area contributed by atoms with Gasteiger partial charge in [-0.1, -0.05) is 19.8 Å². The fourth-order valence-corrected chi connectivity index (χ4v) is 7.70. The molecular formula is C24H36N2O2S. The third kappa shape index (κ3) is 3.63. The summed E-state index contributed by atoms with van der Waals surface area (Å²) in [6.45, 7) is 5.35. The van der Waals surface area contributed by atoms with E-state index in [0.29, 0.717) is 41.8 Å². The van der Waals surface area contributed by atoms with Crippen LogP contribution in [-0.4, -0.2) is 23.8 Å². The van der Waals surface area contributed by atoms with E-state index in [9.17, 15) is 0 Å². The summed E-state index contributed by atoms with van der Waals surface area (Å²) in [6, 6.07) is 0. The standard InChI is InChI=1S/C24H36N2O2S/c1-3-15-8-5-4-7-14(2)28-20-13-19-16-9-6-10-17(16)22-23(29-24(25)26-22)21(19)18(20)11-12-27-15/h13-19,21H,3-12H2,1-2H3,(H2,25,26)/t14?,15?,16?,17?,18?,19-,21-/m0/s1. The maximum absolute atomic E-state index is 6.62. The van der Waals surface area contributed by atoms with E-state index < -0.39 is 0 Å². The summed E-state index contributed by atoms with van der Waals surface area (Å²) in [5, 5.41) is 0.750. The Bertz CT molecular complexity index is 760. The van der Waals surface area contributed by atoms with Crippen molar-refractivity contribution >= 4 is 16.5 Å². The molecule has 0 amide bonds. The monoisotopic (exact) mass is 416 g/mol. The summed E-state index contributed by atoms with van der Waals surface area (Å²) in [7, 11) is 0. The molecular weight excluding hydrogens is 380 g/mol. The van der Waals surface area contributed by atoms with Crippen LogP contribution in [0.4, 0.5) is 5.13 Å². The molecule has 1 saturated carbocycles. The fourth-order valence-electron chi connectivity index (χ4n) is 6.58.